The molecule has 1 aromatic carbocycles. The Bertz CT molecular complexity index is 1240. The number of hydrogen-bond acceptors (Lipinski definition) is 5. The van der Waals surface area contributed by atoms with Crippen LogP contribution < -0.4 is 15.6 Å². The summed E-state index contributed by atoms with van der Waals surface area (Å²) in [5.74, 6) is -0.291. The van der Waals surface area contributed by atoms with Crippen molar-refractivity contribution in [3.05, 3.63) is 76.2 Å². The second kappa shape index (κ2) is 7.28. The molecule has 0 aliphatic rings. The predicted molar refractivity (Wildman–Crippen MR) is 107 cm³/mol. The minimum atomic E-state index is -0.551. The van der Waals surface area contributed by atoms with Crippen LogP contribution in [0.25, 0.3) is 22.0 Å². The first-order valence-corrected chi connectivity index (χ1v) is 8.67. The van der Waals surface area contributed by atoms with Crippen molar-refractivity contribution >= 4 is 33.9 Å². The monoisotopic (exact) mass is 396 g/mol. The molecule has 0 atom stereocenters. The maximum absolute atomic E-state index is 13.5. The van der Waals surface area contributed by atoms with Gasteiger partial charge in [0.05, 0.1) is 23.3 Å². The molecular formula is C20H14ClFN4O2. The summed E-state index contributed by atoms with van der Waals surface area (Å²) in [7, 11) is 1.46. The number of fused-ring (bicyclic) bond motifs is 1. The van der Waals surface area contributed by atoms with Gasteiger partial charge in [0.25, 0.3) is 5.56 Å². The molecule has 0 saturated carbocycles. The van der Waals surface area contributed by atoms with Crippen LogP contribution in [-0.2, 0) is 0 Å². The van der Waals surface area contributed by atoms with Gasteiger partial charge in [0.1, 0.15) is 11.5 Å². The summed E-state index contributed by atoms with van der Waals surface area (Å²) < 4.78 is 18.8. The quantitative estimate of drug-likeness (QED) is 0.529. The van der Waals surface area contributed by atoms with Crippen molar-refractivity contribution in [2.75, 3.05) is 12.4 Å². The fourth-order valence-electron chi connectivity index (χ4n) is 2.89. The number of aromatic nitrogens is 3. The van der Waals surface area contributed by atoms with Crippen LogP contribution in [0.4, 0.5) is 15.8 Å². The summed E-state index contributed by atoms with van der Waals surface area (Å²) in [6.07, 6.45) is 5.03. The lowest BCUT2D eigenvalue weighted by atomic mass is 10.1. The summed E-state index contributed by atoms with van der Waals surface area (Å²) in [4.78, 5) is 23.6. The van der Waals surface area contributed by atoms with Crippen LogP contribution in [0, 0.1) is 5.82 Å². The third kappa shape index (κ3) is 3.27. The van der Waals surface area contributed by atoms with E-state index in [2.05, 4.69) is 20.3 Å². The highest BCUT2D eigenvalue weighted by molar-refractivity contribution is 6.31. The molecule has 0 saturated heterocycles. The molecule has 0 bridgehead atoms. The van der Waals surface area contributed by atoms with Crippen LogP contribution in [0.3, 0.4) is 0 Å². The van der Waals surface area contributed by atoms with Crippen molar-refractivity contribution in [3.63, 3.8) is 0 Å². The van der Waals surface area contributed by atoms with E-state index in [9.17, 15) is 9.18 Å². The molecule has 0 spiro atoms. The van der Waals surface area contributed by atoms with E-state index in [0.29, 0.717) is 16.8 Å². The summed E-state index contributed by atoms with van der Waals surface area (Å²) in [6.45, 7) is 0. The Hall–Kier alpha value is -3.45. The van der Waals surface area contributed by atoms with E-state index in [-0.39, 0.29) is 16.5 Å². The van der Waals surface area contributed by atoms with E-state index < -0.39 is 5.82 Å². The Kier molecular flexibility index (Phi) is 4.67. The van der Waals surface area contributed by atoms with Crippen LogP contribution in [0.5, 0.6) is 5.88 Å². The molecule has 3 heterocycles. The highest BCUT2D eigenvalue weighted by atomic mass is 35.5. The van der Waals surface area contributed by atoms with Crippen molar-refractivity contribution in [3.8, 4) is 17.0 Å². The lowest BCUT2D eigenvalue weighted by molar-refractivity contribution is 0.399. The molecular weight excluding hydrogens is 383 g/mol. The highest BCUT2D eigenvalue weighted by Gasteiger charge is 2.14. The van der Waals surface area contributed by atoms with E-state index >= 15 is 0 Å². The van der Waals surface area contributed by atoms with Crippen LogP contribution in [-0.4, -0.2) is 22.1 Å². The first-order valence-electron chi connectivity index (χ1n) is 8.29. The zero-order valence-electron chi connectivity index (χ0n) is 14.7. The minimum Gasteiger partial charge on any atom is -0.481 e. The summed E-state index contributed by atoms with van der Waals surface area (Å²) in [6, 6.07) is 9.34. The molecule has 0 aliphatic carbocycles. The van der Waals surface area contributed by atoms with Crippen LogP contribution >= 0.6 is 11.6 Å². The zero-order chi connectivity index (χ0) is 19.7. The average molecular weight is 397 g/mol. The number of rotatable bonds is 4. The molecule has 0 fully saturated rings. The van der Waals surface area contributed by atoms with Crippen LogP contribution in [0.2, 0.25) is 5.02 Å². The number of nitrogens with one attached hydrogen (secondary N) is 2. The predicted octanol–water partition coefficient (Wildman–Crippen LogP) is 4.53. The normalized spacial score (nSPS) is 10.8. The van der Waals surface area contributed by atoms with Gasteiger partial charge in [-0.3, -0.25) is 19.7 Å². The minimum absolute atomic E-state index is 0.0616. The van der Waals surface area contributed by atoms with Gasteiger partial charge in [-0.1, -0.05) is 17.7 Å². The van der Waals surface area contributed by atoms with Crippen molar-refractivity contribution in [2.24, 2.45) is 0 Å². The van der Waals surface area contributed by atoms with Gasteiger partial charge in [0.15, 0.2) is 0 Å². The maximum Gasteiger partial charge on any atom is 0.258 e. The first kappa shape index (κ1) is 17.9. The molecule has 0 amide bonds. The van der Waals surface area contributed by atoms with Gasteiger partial charge >= 0.3 is 0 Å². The van der Waals surface area contributed by atoms with Gasteiger partial charge < -0.3 is 10.1 Å². The fraction of sp³-hybridized carbons (Fsp3) is 0.0500. The van der Waals surface area contributed by atoms with E-state index in [1.54, 1.807) is 36.8 Å². The van der Waals surface area contributed by atoms with Gasteiger partial charge in [-0.25, -0.2) is 4.39 Å². The molecule has 0 unspecified atom stereocenters. The molecule has 140 valence electrons. The van der Waals surface area contributed by atoms with Crippen molar-refractivity contribution in [2.45, 2.75) is 0 Å². The van der Waals surface area contributed by atoms with Crippen molar-refractivity contribution in [1.29, 1.82) is 0 Å². The Labute approximate surface area is 164 Å². The largest absolute Gasteiger partial charge is 0.481 e. The topological polar surface area (TPSA) is 79.9 Å². The van der Waals surface area contributed by atoms with E-state index in [1.165, 1.54) is 25.3 Å². The molecule has 4 rings (SSSR count). The Morgan fingerprint density at radius 1 is 1.14 bits per heavy atom. The zero-order valence-corrected chi connectivity index (χ0v) is 15.4. The number of benzene rings is 1. The Morgan fingerprint density at radius 3 is 2.79 bits per heavy atom. The number of hydrogen-bond donors (Lipinski definition) is 2. The number of methoxy groups -OCH3 is 1. The number of ether oxygens (including phenoxy) is 1. The van der Waals surface area contributed by atoms with Crippen molar-refractivity contribution in [1.82, 2.24) is 15.0 Å². The number of aromatic amines is 1. The summed E-state index contributed by atoms with van der Waals surface area (Å²) in [5.41, 5.74) is 2.46. The molecule has 0 aliphatic heterocycles. The number of halogens is 2. The lowest BCUT2D eigenvalue weighted by Gasteiger charge is -2.14. The summed E-state index contributed by atoms with van der Waals surface area (Å²) >= 11 is 5.87. The number of nitrogens with zero attached hydrogens (tertiary/aromatic N) is 2. The third-order valence-electron chi connectivity index (χ3n) is 4.25. The second-order valence-corrected chi connectivity index (χ2v) is 6.37. The number of H-pyrrole nitrogens is 1. The maximum atomic E-state index is 13.5. The molecule has 3 aromatic heterocycles. The van der Waals surface area contributed by atoms with Gasteiger partial charge in [-0.05, 0) is 35.9 Å². The van der Waals surface area contributed by atoms with Gasteiger partial charge in [-0.2, -0.15) is 0 Å². The van der Waals surface area contributed by atoms with Gasteiger partial charge in [0.2, 0.25) is 5.88 Å². The van der Waals surface area contributed by atoms with Gasteiger partial charge in [0, 0.05) is 29.5 Å². The Balaban J connectivity index is 1.84. The van der Waals surface area contributed by atoms with Crippen LogP contribution in [0.1, 0.15) is 0 Å². The molecule has 28 heavy (non-hydrogen) atoms. The molecule has 4 aromatic rings. The van der Waals surface area contributed by atoms with Crippen molar-refractivity contribution < 1.29 is 9.13 Å². The standard InChI is InChI=1S/C20H14ClFN4O2/c1-28-20-18(25-17-5-7-24-16-4-6-23-10-13(16)17)9-12(19(27)26-20)11-2-3-15(22)14(21)8-11/h2-10H,1H3,(H,24,25)(H,26,27). The number of anilines is 2. The highest BCUT2D eigenvalue weighted by Crippen LogP contribution is 2.32. The first-order chi connectivity index (χ1) is 13.6. The molecule has 8 heteroatoms. The van der Waals surface area contributed by atoms with Crippen LogP contribution in [0.15, 0.2) is 59.8 Å². The summed E-state index contributed by atoms with van der Waals surface area (Å²) in [5, 5.41) is 4.00. The van der Waals surface area contributed by atoms with Gasteiger partial charge in [-0.15, -0.1) is 0 Å². The second-order valence-electron chi connectivity index (χ2n) is 5.96. The third-order valence-corrected chi connectivity index (χ3v) is 4.54. The average Bonchev–Trinajstić information content (AvgIpc) is 2.71. The SMILES string of the molecule is COc1[nH]c(=O)c(-c2ccc(F)c(Cl)c2)cc1Nc1ccnc2ccncc12. The fourth-order valence-corrected chi connectivity index (χ4v) is 3.07. The molecule has 2 N–H and O–H groups in total. The Morgan fingerprint density at radius 2 is 2.00 bits per heavy atom. The number of pyridine rings is 3. The van der Waals surface area contributed by atoms with E-state index in [0.717, 1.165) is 16.6 Å². The molecule has 6 nitrogen and oxygen atoms in total. The van der Waals surface area contributed by atoms with E-state index in [4.69, 9.17) is 16.3 Å². The van der Waals surface area contributed by atoms with E-state index in [1.807, 2.05) is 0 Å². The molecule has 0 radical (unpaired) electrons. The lowest BCUT2D eigenvalue weighted by Crippen LogP contribution is -2.12. The smallest absolute Gasteiger partial charge is 0.258 e.